The summed E-state index contributed by atoms with van der Waals surface area (Å²) in [6.45, 7) is 12.4. The number of rotatable bonds is 7. The Hall–Kier alpha value is -4.67. The van der Waals surface area contributed by atoms with Crippen LogP contribution in [0.5, 0.6) is 0 Å². The number of ether oxygens (including phenoxy) is 2. The predicted octanol–water partition coefficient (Wildman–Crippen LogP) is 6.64. The maximum Gasteiger partial charge on any atom is 0.416 e. The molecule has 4 aromatic rings. The molecule has 45 heavy (non-hydrogen) atoms. The molecule has 0 spiro atoms. The fraction of sp³-hybridized carbons (Fsp3) is 0.441. The molecule has 236 valence electrons. The zero-order valence-corrected chi connectivity index (χ0v) is 26.8. The molecule has 0 unspecified atom stereocenters. The van der Waals surface area contributed by atoms with E-state index in [1.54, 1.807) is 20.5 Å². The zero-order valence-electron chi connectivity index (χ0n) is 26.8. The quantitative estimate of drug-likeness (QED) is 0.247. The SMILES string of the molecule is CC(C)(C)OC(=O)N1CC(Nc2cc(N(Cc3ccc(-c4ccccn4)cc3)C(=O)OC(C)(C)C)n3ncc(C4CC4)c3n2)C1. The number of fused-ring (bicyclic) bond motifs is 1. The van der Waals surface area contributed by atoms with Gasteiger partial charge < -0.3 is 19.7 Å². The Balaban J connectivity index is 1.31. The number of benzene rings is 1. The van der Waals surface area contributed by atoms with Crippen LogP contribution in [0.15, 0.2) is 60.9 Å². The summed E-state index contributed by atoms with van der Waals surface area (Å²) in [5.74, 6) is 1.55. The molecule has 0 atom stereocenters. The van der Waals surface area contributed by atoms with E-state index < -0.39 is 17.3 Å². The molecule has 3 aromatic heterocycles. The van der Waals surface area contributed by atoms with Crippen molar-refractivity contribution in [2.45, 2.75) is 84.1 Å². The molecular weight excluding hydrogens is 570 g/mol. The molecule has 1 aromatic carbocycles. The molecule has 1 aliphatic carbocycles. The summed E-state index contributed by atoms with van der Waals surface area (Å²) < 4.78 is 13.2. The van der Waals surface area contributed by atoms with Crippen LogP contribution >= 0.6 is 0 Å². The Bertz CT molecular complexity index is 1680. The number of amides is 2. The van der Waals surface area contributed by atoms with Crippen molar-refractivity contribution in [2.24, 2.45) is 0 Å². The zero-order chi connectivity index (χ0) is 31.9. The fourth-order valence-corrected chi connectivity index (χ4v) is 5.22. The first-order valence-corrected chi connectivity index (χ1v) is 15.5. The number of carbonyl (C=O) groups excluding carboxylic acids is 2. The Morgan fingerprint density at radius 3 is 2.31 bits per heavy atom. The van der Waals surface area contributed by atoms with Gasteiger partial charge in [0.2, 0.25) is 0 Å². The maximum absolute atomic E-state index is 13.8. The summed E-state index contributed by atoms with van der Waals surface area (Å²) in [5.41, 5.74) is 3.30. The molecule has 6 rings (SSSR count). The smallest absolute Gasteiger partial charge is 0.416 e. The van der Waals surface area contributed by atoms with Gasteiger partial charge in [-0.2, -0.15) is 9.61 Å². The van der Waals surface area contributed by atoms with Gasteiger partial charge in [-0.1, -0.05) is 30.3 Å². The van der Waals surface area contributed by atoms with E-state index in [0.29, 0.717) is 36.3 Å². The van der Waals surface area contributed by atoms with E-state index in [9.17, 15) is 9.59 Å². The van der Waals surface area contributed by atoms with Gasteiger partial charge in [0.1, 0.15) is 22.8 Å². The van der Waals surface area contributed by atoms with Crippen molar-refractivity contribution in [1.82, 2.24) is 24.5 Å². The normalized spacial score (nSPS) is 15.5. The Labute approximate surface area is 263 Å². The highest BCUT2D eigenvalue weighted by atomic mass is 16.6. The van der Waals surface area contributed by atoms with E-state index in [2.05, 4.69) is 10.3 Å². The van der Waals surface area contributed by atoms with Gasteiger partial charge in [0.25, 0.3) is 0 Å². The Morgan fingerprint density at radius 2 is 1.69 bits per heavy atom. The number of hydrogen-bond donors (Lipinski definition) is 1. The van der Waals surface area contributed by atoms with Gasteiger partial charge in [-0.3, -0.25) is 9.88 Å². The molecule has 11 nitrogen and oxygen atoms in total. The van der Waals surface area contributed by atoms with E-state index >= 15 is 0 Å². The molecule has 1 aliphatic heterocycles. The largest absolute Gasteiger partial charge is 0.444 e. The molecule has 2 amide bonds. The van der Waals surface area contributed by atoms with Crippen LogP contribution in [0, 0.1) is 0 Å². The summed E-state index contributed by atoms with van der Waals surface area (Å²) in [6.07, 6.45) is 4.98. The van der Waals surface area contributed by atoms with E-state index in [0.717, 1.165) is 35.2 Å². The van der Waals surface area contributed by atoms with Crippen molar-refractivity contribution < 1.29 is 19.1 Å². The second-order valence-corrected chi connectivity index (χ2v) is 13.8. The molecule has 1 saturated carbocycles. The lowest BCUT2D eigenvalue weighted by Crippen LogP contribution is -2.58. The summed E-state index contributed by atoms with van der Waals surface area (Å²) in [5, 5.41) is 8.18. The van der Waals surface area contributed by atoms with Crippen LogP contribution in [-0.4, -0.2) is 67.0 Å². The van der Waals surface area contributed by atoms with Gasteiger partial charge in [-0.05, 0) is 78.0 Å². The van der Waals surface area contributed by atoms with Crippen LogP contribution in [0.25, 0.3) is 16.9 Å². The number of carbonyl (C=O) groups is 2. The van der Waals surface area contributed by atoms with E-state index in [-0.39, 0.29) is 18.7 Å². The number of nitrogens with one attached hydrogen (secondary N) is 1. The molecule has 1 saturated heterocycles. The number of anilines is 2. The highest BCUT2D eigenvalue weighted by Gasteiger charge is 2.35. The summed E-state index contributed by atoms with van der Waals surface area (Å²) in [6, 6.07) is 15.6. The summed E-state index contributed by atoms with van der Waals surface area (Å²) in [7, 11) is 0. The number of hydrogen-bond acceptors (Lipinski definition) is 8. The fourth-order valence-electron chi connectivity index (χ4n) is 5.22. The van der Waals surface area contributed by atoms with Gasteiger partial charge >= 0.3 is 12.2 Å². The standard InChI is InChI=1S/C34H41N7O4/c1-33(2,3)44-31(42)39-20-25(21-39)37-28-17-29(41-30(38-28)26(18-36-41)23-14-15-23)40(32(43)45-34(4,5)6)19-22-10-12-24(13-11-22)27-9-7-8-16-35-27/h7-13,16-18,23,25H,14-15,19-21H2,1-6H3,(H,37,38). The van der Waals surface area contributed by atoms with E-state index in [4.69, 9.17) is 19.6 Å². The third-order valence-corrected chi connectivity index (χ3v) is 7.53. The molecule has 2 fully saturated rings. The molecular formula is C34H41N7O4. The first kappa shape index (κ1) is 30.4. The average molecular weight is 612 g/mol. The molecule has 2 aliphatic rings. The second-order valence-electron chi connectivity index (χ2n) is 13.8. The minimum atomic E-state index is -0.703. The maximum atomic E-state index is 13.8. The summed E-state index contributed by atoms with van der Waals surface area (Å²) in [4.78, 5) is 39.0. The number of nitrogens with zero attached hydrogens (tertiary/aromatic N) is 6. The number of pyridine rings is 1. The number of likely N-dealkylation sites (tertiary alicyclic amines) is 1. The lowest BCUT2D eigenvalue weighted by Gasteiger charge is -2.40. The van der Waals surface area contributed by atoms with Crippen LogP contribution < -0.4 is 10.2 Å². The van der Waals surface area contributed by atoms with Crippen molar-refractivity contribution >= 4 is 29.5 Å². The first-order chi connectivity index (χ1) is 21.3. The van der Waals surface area contributed by atoms with Crippen molar-refractivity contribution in [2.75, 3.05) is 23.3 Å². The monoisotopic (exact) mass is 611 g/mol. The molecule has 0 radical (unpaired) electrons. The van der Waals surface area contributed by atoms with Crippen LogP contribution in [-0.2, 0) is 16.0 Å². The van der Waals surface area contributed by atoms with Gasteiger partial charge in [0.05, 0.1) is 24.5 Å². The van der Waals surface area contributed by atoms with E-state index in [1.807, 2.05) is 96.3 Å². The lowest BCUT2D eigenvalue weighted by atomic mass is 10.1. The Morgan fingerprint density at radius 1 is 0.978 bits per heavy atom. The predicted molar refractivity (Wildman–Crippen MR) is 172 cm³/mol. The third kappa shape index (κ3) is 7.19. The van der Waals surface area contributed by atoms with Crippen molar-refractivity contribution in [3.8, 4) is 11.3 Å². The summed E-state index contributed by atoms with van der Waals surface area (Å²) >= 11 is 0. The van der Waals surface area contributed by atoms with Crippen LogP contribution in [0.2, 0.25) is 0 Å². The minimum Gasteiger partial charge on any atom is -0.444 e. The average Bonchev–Trinajstić information content (AvgIpc) is 3.70. The van der Waals surface area contributed by atoms with Gasteiger partial charge in [-0.25, -0.2) is 14.6 Å². The minimum absolute atomic E-state index is 0.0123. The Kier molecular flexibility index (Phi) is 7.88. The van der Waals surface area contributed by atoms with Gasteiger partial charge in [0.15, 0.2) is 5.65 Å². The third-order valence-electron chi connectivity index (χ3n) is 7.53. The first-order valence-electron chi connectivity index (χ1n) is 15.5. The van der Waals surface area contributed by atoms with Crippen LogP contribution in [0.3, 0.4) is 0 Å². The molecule has 4 heterocycles. The van der Waals surface area contributed by atoms with Crippen molar-refractivity contribution in [3.05, 3.63) is 72.1 Å². The van der Waals surface area contributed by atoms with Crippen molar-refractivity contribution in [3.63, 3.8) is 0 Å². The van der Waals surface area contributed by atoms with Crippen LogP contribution in [0.4, 0.5) is 21.2 Å². The molecule has 0 bridgehead atoms. The molecule has 1 N–H and O–H groups in total. The highest BCUT2D eigenvalue weighted by molar-refractivity contribution is 5.88. The van der Waals surface area contributed by atoms with Gasteiger partial charge in [0, 0.05) is 36.5 Å². The number of aromatic nitrogens is 4. The van der Waals surface area contributed by atoms with Crippen LogP contribution in [0.1, 0.15) is 71.4 Å². The lowest BCUT2D eigenvalue weighted by molar-refractivity contribution is 0.0104. The second kappa shape index (κ2) is 11.7. The molecule has 11 heteroatoms. The van der Waals surface area contributed by atoms with Gasteiger partial charge in [-0.15, -0.1) is 0 Å². The highest BCUT2D eigenvalue weighted by Crippen LogP contribution is 2.42. The van der Waals surface area contributed by atoms with Crippen molar-refractivity contribution in [1.29, 1.82) is 0 Å². The van der Waals surface area contributed by atoms with E-state index in [1.165, 1.54) is 0 Å². The topological polar surface area (TPSA) is 114 Å².